The highest BCUT2D eigenvalue weighted by Crippen LogP contribution is 2.11. The van der Waals surface area contributed by atoms with Crippen LogP contribution >= 0.6 is 0 Å². The van der Waals surface area contributed by atoms with Crippen LogP contribution in [0.5, 0.6) is 0 Å². The van der Waals surface area contributed by atoms with Gasteiger partial charge in [-0.05, 0) is 12.1 Å². The summed E-state index contributed by atoms with van der Waals surface area (Å²) in [5.74, 6) is 0. The van der Waals surface area contributed by atoms with E-state index in [4.69, 9.17) is 20.4 Å². The summed E-state index contributed by atoms with van der Waals surface area (Å²) in [7, 11) is 0. The van der Waals surface area contributed by atoms with E-state index in [0.717, 1.165) is 0 Å². The molecule has 0 unspecified atom stereocenters. The zero-order valence-electron chi connectivity index (χ0n) is 8.45. The van der Waals surface area contributed by atoms with E-state index in [9.17, 15) is 0 Å². The Morgan fingerprint density at radius 3 is 1.20 bits per heavy atom. The third-order valence-electron chi connectivity index (χ3n) is 1.91. The van der Waals surface area contributed by atoms with Crippen molar-refractivity contribution in [2.45, 2.75) is 0 Å². The molecule has 0 bridgehead atoms. The van der Waals surface area contributed by atoms with Crippen molar-refractivity contribution in [1.82, 2.24) is 4.98 Å². The summed E-state index contributed by atoms with van der Waals surface area (Å²) < 4.78 is 0. The first kappa shape index (κ1) is 14.0. The first-order valence-electron chi connectivity index (χ1n) is 4.53. The minimum absolute atomic E-state index is 0.406. The summed E-state index contributed by atoms with van der Waals surface area (Å²) in [4.78, 5) is 3.78. The van der Waals surface area contributed by atoms with Gasteiger partial charge in [-0.25, -0.2) is 0 Å². The Hall–Kier alpha value is -1.01. The van der Waals surface area contributed by atoms with Crippen molar-refractivity contribution < 1.29 is 20.4 Å². The maximum atomic E-state index is 8.50. The van der Waals surface area contributed by atoms with E-state index < -0.39 is 31.8 Å². The fourth-order valence-corrected chi connectivity index (χ4v) is 0.613. The Morgan fingerprint density at radius 2 is 1.13 bits per heavy atom. The molecule has 0 radical (unpaired) electrons. The van der Waals surface area contributed by atoms with Gasteiger partial charge in [0.2, 0.25) is 0 Å². The van der Waals surface area contributed by atoms with Crippen LogP contribution in [0.4, 0.5) is 0 Å². The maximum Gasteiger partial charge on any atom is 0.0627 e. The fraction of sp³-hybridized carbons (Fsp3) is 0.500. The summed E-state index contributed by atoms with van der Waals surface area (Å²) >= 11 is 0. The van der Waals surface area contributed by atoms with Crippen molar-refractivity contribution in [1.29, 1.82) is 0 Å². The van der Waals surface area contributed by atoms with E-state index in [1.165, 1.54) is 0 Å². The average Bonchev–Trinajstić information content (AvgIpc) is 2.36. The van der Waals surface area contributed by atoms with Gasteiger partial charge in [-0.1, -0.05) is 6.07 Å². The molecule has 86 valence electrons. The van der Waals surface area contributed by atoms with E-state index in [0.29, 0.717) is 0 Å². The molecule has 0 amide bonds. The molecule has 1 heterocycles. The smallest absolute Gasteiger partial charge is 0.0627 e. The maximum absolute atomic E-state index is 8.50. The van der Waals surface area contributed by atoms with Crippen molar-refractivity contribution in [3.05, 3.63) is 30.6 Å². The van der Waals surface area contributed by atoms with Crippen molar-refractivity contribution in [2.24, 2.45) is 5.41 Å². The van der Waals surface area contributed by atoms with Crippen LogP contribution in [0.2, 0.25) is 0 Å². The van der Waals surface area contributed by atoms with Gasteiger partial charge in [0.05, 0.1) is 31.8 Å². The Kier molecular flexibility index (Phi) is 7.75. The molecular formula is C10H17NO4. The fourth-order valence-electron chi connectivity index (χ4n) is 0.613. The summed E-state index contributed by atoms with van der Waals surface area (Å²) in [5.41, 5.74) is -1.11. The highest BCUT2D eigenvalue weighted by molar-refractivity contribution is 4.88. The Morgan fingerprint density at radius 1 is 0.733 bits per heavy atom. The first-order valence-corrected chi connectivity index (χ1v) is 4.53. The molecule has 1 rings (SSSR count). The van der Waals surface area contributed by atoms with E-state index in [-0.39, 0.29) is 0 Å². The lowest BCUT2D eigenvalue weighted by atomic mass is 9.93. The van der Waals surface area contributed by atoms with E-state index in [1.54, 1.807) is 12.4 Å². The lowest BCUT2D eigenvalue weighted by Gasteiger charge is -2.23. The third kappa shape index (κ3) is 5.44. The van der Waals surface area contributed by atoms with Crippen LogP contribution in [0.25, 0.3) is 0 Å². The van der Waals surface area contributed by atoms with Gasteiger partial charge < -0.3 is 20.4 Å². The number of nitrogens with zero attached hydrogens (tertiary/aromatic N) is 1. The van der Waals surface area contributed by atoms with Crippen LogP contribution in [0.1, 0.15) is 0 Å². The van der Waals surface area contributed by atoms with Gasteiger partial charge in [-0.15, -0.1) is 0 Å². The van der Waals surface area contributed by atoms with Crippen molar-refractivity contribution >= 4 is 0 Å². The predicted octanol–water partition coefficient (Wildman–Crippen LogP) is -0.976. The zero-order chi connectivity index (χ0) is 11.6. The van der Waals surface area contributed by atoms with Gasteiger partial charge in [-0.3, -0.25) is 4.98 Å². The second kappa shape index (κ2) is 8.31. The molecule has 0 aromatic carbocycles. The first-order chi connectivity index (χ1) is 7.24. The Balaban J connectivity index is 0.000000280. The minimum Gasteiger partial charge on any atom is -0.396 e. The molecule has 0 atom stereocenters. The quantitative estimate of drug-likeness (QED) is 0.518. The van der Waals surface area contributed by atoms with Gasteiger partial charge in [0.15, 0.2) is 0 Å². The van der Waals surface area contributed by atoms with Crippen LogP contribution in [-0.4, -0.2) is 51.8 Å². The zero-order valence-corrected chi connectivity index (χ0v) is 8.45. The van der Waals surface area contributed by atoms with Crippen LogP contribution in [0.3, 0.4) is 0 Å². The van der Waals surface area contributed by atoms with Gasteiger partial charge >= 0.3 is 0 Å². The number of hydrogen-bond donors (Lipinski definition) is 4. The van der Waals surface area contributed by atoms with Crippen molar-refractivity contribution in [3.8, 4) is 0 Å². The molecule has 0 fully saturated rings. The normalized spacial score (nSPS) is 10.4. The molecule has 1 aromatic rings. The van der Waals surface area contributed by atoms with Crippen molar-refractivity contribution in [3.63, 3.8) is 0 Å². The molecule has 15 heavy (non-hydrogen) atoms. The van der Waals surface area contributed by atoms with E-state index in [2.05, 4.69) is 4.98 Å². The molecule has 0 saturated carbocycles. The number of aliphatic hydroxyl groups excluding tert-OH is 4. The molecule has 0 aliphatic carbocycles. The molecule has 0 saturated heterocycles. The number of aliphatic hydroxyl groups is 4. The summed E-state index contributed by atoms with van der Waals surface area (Å²) in [6.45, 7) is -1.62. The molecule has 1 aromatic heterocycles. The standard InChI is InChI=1S/C5H5N.C5H12O4/c1-2-4-6-5-3-1;6-1-5(2-7,3-8)4-9/h1-5H;6-9H,1-4H2. The van der Waals surface area contributed by atoms with E-state index in [1.807, 2.05) is 18.2 Å². The second-order valence-electron chi connectivity index (χ2n) is 3.16. The third-order valence-corrected chi connectivity index (χ3v) is 1.91. The van der Waals surface area contributed by atoms with Gasteiger partial charge in [0, 0.05) is 12.4 Å². The predicted molar refractivity (Wildman–Crippen MR) is 55.0 cm³/mol. The van der Waals surface area contributed by atoms with Gasteiger partial charge in [0.1, 0.15) is 0 Å². The largest absolute Gasteiger partial charge is 0.396 e. The van der Waals surface area contributed by atoms with Crippen LogP contribution in [0.15, 0.2) is 30.6 Å². The second-order valence-corrected chi connectivity index (χ2v) is 3.16. The summed E-state index contributed by atoms with van der Waals surface area (Å²) in [6, 6.07) is 5.72. The van der Waals surface area contributed by atoms with Crippen molar-refractivity contribution in [2.75, 3.05) is 26.4 Å². The molecule has 4 N–H and O–H groups in total. The molecule has 0 aliphatic rings. The SMILES string of the molecule is OCC(CO)(CO)CO.c1ccncc1. The Labute approximate surface area is 88.7 Å². The molecular weight excluding hydrogens is 198 g/mol. The highest BCUT2D eigenvalue weighted by atomic mass is 16.3. The lowest BCUT2D eigenvalue weighted by Crippen LogP contribution is -2.37. The van der Waals surface area contributed by atoms with E-state index >= 15 is 0 Å². The average molecular weight is 215 g/mol. The molecule has 0 aliphatic heterocycles. The summed E-state index contributed by atoms with van der Waals surface area (Å²) in [6.07, 6.45) is 3.50. The monoisotopic (exact) mass is 215 g/mol. The molecule has 5 heteroatoms. The number of aromatic nitrogens is 1. The van der Waals surface area contributed by atoms with Crippen LogP contribution in [-0.2, 0) is 0 Å². The highest BCUT2D eigenvalue weighted by Gasteiger charge is 2.26. The minimum atomic E-state index is -1.11. The topological polar surface area (TPSA) is 93.8 Å². The lowest BCUT2D eigenvalue weighted by molar-refractivity contribution is -0.0328. The Bertz CT molecular complexity index is 182. The van der Waals surface area contributed by atoms with Gasteiger partial charge in [-0.2, -0.15) is 0 Å². The number of rotatable bonds is 4. The van der Waals surface area contributed by atoms with Gasteiger partial charge in [0.25, 0.3) is 0 Å². The number of pyridine rings is 1. The van der Waals surface area contributed by atoms with Crippen LogP contribution < -0.4 is 0 Å². The van der Waals surface area contributed by atoms with Crippen LogP contribution in [0, 0.1) is 5.41 Å². The number of hydrogen-bond acceptors (Lipinski definition) is 5. The molecule has 5 nitrogen and oxygen atoms in total. The molecule has 0 spiro atoms. The summed E-state index contributed by atoms with van der Waals surface area (Å²) in [5, 5.41) is 34.0.